The number of nitrogens with zero attached hydrogens (tertiary/aromatic N) is 4. The molecule has 16 bridgehead atoms. The molecule has 0 fully saturated rings. The van der Waals surface area contributed by atoms with Crippen molar-refractivity contribution < 1.29 is 43.0 Å². The summed E-state index contributed by atoms with van der Waals surface area (Å²) < 4.78 is 68.0. The Labute approximate surface area is 404 Å². The first kappa shape index (κ1) is 44.8. The number of hydrogen-bond donors (Lipinski definition) is 4. The summed E-state index contributed by atoms with van der Waals surface area (Å²) in [7, 11) is -9.01. The van der Waals surface area contributed by atoms with Gasteiger partial charge in [-0.15, -0.1) is 0 Å². The van der Waals surface area contributed by atoms with Crippen LogP contribution in [-0.4, -0.2) is 65.8 Å². The molecular weight excluding hydrogens is 960 g/mol. The summed E-state index contributed by atoms with van der Waals surface area (Å²) in [6.07, 6.45) is 15.6. The Hall–Kier alpha value is -8.02. The van der Waals surface area contributed by atoms with E-state index in [2.05, 4.69) is 39.9 Å². The van der Waals surface area contributed by atoms with Gasteiger partial charge in [0.1, 0.15) is 20.2 Å². The SMILES string of the molecule is O=S(=O)([O-])c1ccc(-c2cc3cc4ccc(cc5nc(cc6nc(cc2[nH]3)C=C6)C=C5)[nH]4)cc1.O=S(=O)([O-])c1ccc(-c2cc3cc4ccc(cc5nc(cc6nc(cc2[nH]3)C=C6)C=C5)[nH]4)cc1.[Cu+2]. The van der Waals surface area contributed by atoms with Gasteiger partial charge in [-0.2, -0.15) is 0 Å². The molecule has 0 amide bonds. The molecule has 1 radical (unpaired) electrons. The molecule has 341 valence electrons. The van der Waals surface area contributed by atoms with Crippen LogP contribution in [0.3, 0.4) is 0 Å². The molecule has 0 aliphatic carbocycles. The van der Waals surface area contributed by atoms with Crippen molar-refractivity contribution in [3.63, 3.8) is 0 Å². The summed E-state index contributed by atoms with van der Waals surface area (Å²) in [6, 6.07) is 39.4. The van der Waals surface area contributed by atoms with Crippen LogP contribution in [-0.2, 0) is 37.3 Å². The van der Waals surface area contributed by atoms with Crippen LogP contribution >= 0.6 is 0 Å². The molecule has 2 aromatic carbocycles. The van der Waals surface area contributed by atoms with Crippen LogP contribution in [0.4, 0.5) is 0 Å². The fourth-order valence-corrected chi connectivity index (χ4v) is 9.06. The van der Waals surface area contributed by atoms with Crippen molar-refractivity contribution in [1.29, 1.82) is 0 Å². The predicted molar refractivity (Wildman–Crippen MR) is 265 cm³/mol. The second-order valence-electron chi connectivity index (χ2n) is 16.1. The molecular formula is C52H34CuN8O6S2. The number of rotatable bonds is 4. The molecule has 0 saturated carbocycles. The van der Waals surface area contributed by atoms with E-state index >= 15 is 0 Å². The standard InChI is InChI=1S/2C26H18N4O3S.Cu/c2*31-34(32,33)24-9-1-16(2-10-24)25-14-23-13-21-6-5-19(28-21)11-17-3-4-18(27-17)12-20-7-8-22(29-20)15-26(25)30-23;/h2*1-15,28,30H,(H,31,32,33);/q;;+2/p-2. The van der Waals surface area contributed by atoms with Gasteiger partial charge in [0.15, 0.2) is 0 Å². The first-order valence-electron chi connectivity index (χ1n) is 21.1. The van der Waals surface area contributed by atoms with Crippen LogP contribution in [0.1, 0.15) is 45.6 Å². The van der Waals surface area contributed by atoms with Gasteiger partial charge in [-0.3, -0.25) is 0 Å². The molecule has 0 atom stereocenters. The number of H-pyrrole nitrogens is 4. The Morgan fingerprint density at radius 3 is 0.928 bits per heavy atom. The number of aromatic amines is 4. The quantitative estimate of drug-likeness (QED) is 0.0963. The van der Waals surface area contributed by atoms with Crippen LogP contribution in [0.15, 0.2) is 143 Å². The molecule has 17 heteroatoms. The molecule has 4 aliphatic heterocycles. The second kappa shape index (κ2) is 17.9. The number of benzene rings is 2. The van der Waals surface area contributed by atoms with E-state index in [0.717, 1.165) is 112 Å². The maximum atomic E-state index is 11.3. The molecule has 0 spiro atoms. The zero-order valence-electron chi connectivity index (χ0n) is 35.7. The van der Waals surface area contributed by atoms with Crippen LogP contribution in [0.5, 0.6) is 0 Å². The minimum atomic E-state index is -4.51. The number of fused-ring (bicyclic) bond motifs is 16. The average Bonchev–Trinajstić information content (AvgIpc) is 4.16. The van der Waals surface area contributed by atoms with E-state index < -0.39 is 20.2 Å². The number of nitrogens with one attached hydrogen (secondary N) is 4. The summed E-state index contributed by atoms with van der Waals surface area (Å²) in [4.78, 5) is 31.7. The smallest absolute Gasteiger partial charge is 0.744 e. The number of aromatic nitrogens is 8. The molecule has 6 aromatic heterocycles. The molecule has 4 aliphatic rings. The fourth-order valence-electron chi connectivity index (χ4n) is 8.12. The van der Waals surface area contributed by atoms with E-state index in [9.17, 15) is 25.9 Å². The molecule has 10 heterocycles. The Kier molecular flexibility index (Phi) is 11.6. The van der Waals surface area contributed by atoms with Gasteiger partial charge in [-0.25, -0.2) is 36.8 Å². The summed E-state index contributed by atoms with van der Waals surface area (Å²) in [5.74, 6) is 0. The first-order chi connectivity index (χ1) is 32.8. The molecule has 4 N–H and O–H groups in total. The monoisotopic (exact) mass is 993 g/mol. The van der Waals surface area contributed by atoms with Crippen LogP contribution < -0.4 is 0 Å². The van der Waals surface area contributed by atoms with Gasteiger partial charge in [0.25, 0.3) is 0 Å². The van der Waals surface area contributed by atoms with Crippen LogP contribution in [0, 0.1) is 0 Å². The van der Waals surface area contributed by atoms with Crippen molar-refractivity contribution in [3.8, 4) is 22.3 Å². The maximum absolute atomic E-state index is 11.3. The van der Waals surface area contributed by atoms with Gasteiger partial charge < -0.3 is 29.0 Å². The third-order valence-corrected chi connectivity index (χ3v) is 12.9. The summed E-state index contributed by atoms with van der Waals surface area (Å²) in [5, 5.41) is 0. The molecule has 8 aromatic rings. The first-order valence-corrected chi connectivity index (χ1v) is 23.9. The van der Waals surface area contributed by atoms with Gasteiger partial charge in [-0.1, -0.05) is 24.3 Å². The minimum Gasteiger partial charge on any atom is -0.744 e. The Balaban J connectivity index is 0.000000158. The van der Waals surface area contributed by atoms with E-state index in [0.29, 0.717) is 0 Å². The third-order valence-electron chi connectivity index (χ3n) is 11.2. The van der Waals surface area contributed by atoms with Gasteiger partial charge in [-0.05, 0) is 169 Å². The Morgan fingerprint density at radius 1 is 0.319 bits per heavy atom. The van der Waals surface area contributed by atoms with E-state index in [4.69, 9.17) is 0 Å². The second-order valence-corrected chi connectivity index (χ2v) is 18.9. The zero-order chi connectivity index (χ0) is 46.6. The van der Waals surface area contributed by atoms with Crippen LogP contribution in [0.25, 0.3) is 115 Å². The van der Waals surface area contributed by atoms with Crippen molar-refractivity contribution in [3.05, 3.63) is 179 Å². The third kappa shape index (κ3) is 10.0. The summed E-state index contributed by atoms with van der Waals surface area (Å²) in [6.45, 7) is 0. The van der Waals surface area contributed by atoms with Crippen LogP contribution in [0.2, 0.25) is 0 Å². The number of hydrogen-bond acceptors (Lipinski definition) is 10. The van der Waals surface area contributed by atoms with E-state index in [1.165, 1.54) is 24.3 Å². The van der Waals surface area contributed by atoms with E-state index in [-0.39, 0.29) is 26.9 Å². The van der Waals surface area contributed by atoms with Gasteiger partial charge in [0.2, 0.25) is 0 Å². The largest absolute Gasteiger partial charge is 2.00 e. The fraction of sp³-hybridized carbons (Fsp3) is 0. The molecule has 69 heavy (non-hydrogen) atoms. The Bertz CT molecular complexity index is 3830. The van der Waals surface area contributed by atoms with Gasteiger partial charge in [0, 0.05) is 55.3 Å². The van der Waals surface area contributed by atoms with Gasteiger partial charge >= 0.3 is 17.1 Å². The van der Waals surface area contributed by atoms with Gasteiger partial charge in [0.05, 0.1) is 55.3 Å². The Morgan fingerprint density at radius 2 is 0.609 bits per heavy atom. The molecule has 14 nitrogen and oxygen atoms in total. The zero-order valence-corrected chi connectivity index (χ0v) is 38.3. The topological polar surface area (TPSA) is 229 Å². The van der Waals surface area contributed by atoms with Crippen molar-refractivity contribution in [1.82, 2.24) is 39.9 Å². The molecule has 0 saturated heterocycles. The summed E-state index contributed by atoms with van der Waals surface area (Å²) >= 11 is 0. The van der Waals surface area contributed by atoms with E-state index in [1.807, 2.05) is 134 Å². The predicted octanol–water partition coefficient (Wildman–Crippen LogP) is 10.5. The normalized spacial score (nSPS) is 12.7. The maximum Gasteiger partial charge on any atom is 2.00 e. The molecule has 12 rings (SSSR count). The van der Waals surface area contributed by atoms with Crippen molar-refractivity contribution >= 4 is 113 Å². The van der Waals surface area contributed by atoms with E-state index in [1.54, 1.807) is 24.3 Å². The minimum absolute atomic E-state index is 0. The average molecular weight is 995 g/mol. The van der Waals surface area contributed by atoms with Crippen molar-refractivity contribution in [2.24, 2.45) is 0 Å². The molecule has 0 unspecified atom stereocenters. The summed E-state index contributed by atoms with van der Waals surface area (Å²) in [5.41, 5.74) is 16.8. The van der Waals surface area contributed by atoms with Crippen molar-refractivity contribution in [2.45, 2.75) is 9.79 Å². The van der Waals surface area contributed by atoms with Crippen molar-refractivity contribution in [2.75, 3.05) is 0 Å².